The van der Waals surface area contributed by atoms with Crippen LogP contribution in [0.2, 0.25) is 0 Å². The van der Waals surface area contributed by atoms with Gasteiger partial charge in [-0.2, -0.15) is 0 Å². The molecule has 0 bridgehead atoms. The van der Waals surface area contributed by atoms with E-state index in [9.17, 15) is 5.11 Å². The van der Waals surface area contributed by atoms with Crippen molar-refractivity contribution in [2.24, 2.45) is 0 Å². The topological polar surface area (TPSA) is 47.9 Å². The van der Waals surface area contributed by atoms with Crippen LogP contribution in [-0.4, -0.2) is 42.4 Å². The number of alkyl halides is 2. The molecule has 1 aromatic rings. The molecule has 0 spiro atoms. The fourth-order valence-electron chi connectivity index (χ4n) is 2.88. The minimum absolute atomic E-state index is 0.0888. The Morgan fingerprint density at radius 3 is 2.24 bits per heavy atom. The highest BCUT2D eigenvalue weighted by molar-refractivity contribution is 9.10. The molecular formula is C19H30BrFO4. The molecule has 25 heavy (non-hydrogen) atoms. The standard InChI is InChI=1S/C19H30BrFO4/c1-4-11-18(22,12-5-2)19(20,21)17(16-9-7-6-8-10-16)25-15-24-14-13-23-3/h6-10,17,22H,4-5,11-15H2,1-3H3/t17-,19-/m0/s1. The lowest BCUT2D eigenvalue weighted by Crippen LogP contribution is -2.51. The van der Waals surface area contributed by atoms with Crippen LogP contribution in [0, 0.1) is 0 Å². The number of halogens is 2. The molecule has 0 heterocycles. The van der Waals surface area contributed by atoms with Gasteiger partial charge in [-0.05, 0) is 34.3 Å². The number of rotatable bonds is 13. The zero-order chi connectivity index (χ0) is 18.8. The third kappa shape index (κ3) is 6.29. The van der Waals surface area contributed by atoms with Gasteiger partial charge in [-0.1, -0.05) is 57.0 Å². The Morgan fingerprint density at radius 2 is 1.72 bits per heavy atom. The lowest BCUT2D eigenvalue weighted by atomic mass is 9.83. The van der Waals surface area contributed by atoms with Crippen molar-refractivity contribution in [3.63, 3.8) is 0 Å². The first-order valence-corrected chi connectivity index (χ1v) is 9.55. The Hall–Kier alpha value is -0.530. The van der Waals surface area contributed by atoms with Crippen LogP contribution in [-0.2, 0) is 14.2 Å². The van der Waals surface area contributed by atoms with Gasteiger partial charge < -0.3 is 19.3 Å². The number of methoxy groups -OCH3 is 1. The first kappa shape index (κ1) is 22.5. The fraction of sp³-hybridized carbons (Fsp3) is 0.684. The Kier molecular flexibility index (Phi) is 10.1. The van der Waals surface area contributed by atoms with Crippen LogP contribution in [0.25, 0.3) is 0 Å². The number of benzene rings is 1. The minimum Gasteiger partial charge on any atom is -0.385 e. The van der Waals surface area contributed by atoms with E-state index in [-0.39, 0.29) is 6.79 Å². The average molecular weight is 421 g/mol. The molecule has 1 rings (SSSR count). The molecule has 0 radical (unpaired) electrons. The van der Waals surface area contributed by atoms with E-state index in [4.69, 9.17) is 14.2 Å². The molecule has 1 aromatic carbocycles. The van der Waals surface area contributed by atoms with Gasteiger partial charge in [0.2, 0.25) is 4.58 Å². The molecule has 0 aliphatic rings. The summed E-state index contributed by atoms with van der Waals surface area (Å²) < 4.78 is 29.7. The Morgan fingerprint density at radius 1 is 1.12 bits per heavy atom. The average Bonchev–Trinajstić information content (AvgIpc) is 2.59. The van der Waals surface area contributed by atoms with Gasteiger partial charge in [-0.25, -0.2) is 4.39 Å². The maximum absolute atomic E-state index is 15.9. The van der Waals surface area contributed by atoms with Gasteiger partial charge in [0, 0.05) is 7.11 Å². The molecule has 6 heteroatoms. The summed E-state index contributed by atoms with van der Waals surface area (Å²) in [4.78, 5) is 0. The van der Waals surface area contributed by atoms with Gasteiger partial charge in [0.1, 0.15) is 18.5 Å². The van der Waals surface area contributed by atoms with Crippen LogP contribution < -0.4 is 0 Å². The van der Waals surface area contributed by atoms with E-state index in [1.54, 1.807) is 19.2 Å². The lowest BCUT2D eigenvalue weighted by Gasteiger charge is -2.42. The monoisotopic (exact) mass is 420 g/mol. The van der Waals surface area contributed by atoms with Crippen molar-refractivity contribution in [3.05, 3.63) is 35.9 Å². The SMILES string of the molecule is CCCC(O)(CCC)[C@](F)(Br)[C@@H](OCOCCOC)c1ccccc1. The summed E-state index contributed by atoms with van der Waals surface area (Å²) in [5.41, 5.74) is -0.897. The summed E-state index contributed by atoms with van der Waals surface area (Å²) in [5, 5.41) is 11.0. The third-order valence-electron chi connectivity index (χ3n) is 4.13. The van der Waals surface area contributed by atoms with Crippen molar-refractivity contribution >= 4 is 15.9 Å². The molecule has 2 atom stereocenters. The minimum atomic E-state index is -2.14. The second-order valence-electron chi connectivity index (χ2n) is 6.13. The normalized spacial score (nSPS) is 15.8. The molecule has 0 aliphatic carbocycles. The second-order valence-corrected chi connectivity index (χ2v) is 7.28. The van der Waals surface area contributed by atoms with Crippen molar-refractivity contribution in [2.45, 2.75) is 55.8 Å². The van der Waals surface area contributed by atoms with Crippen LogP contribution >= 0.6 is 15.9 Å². The molecule has 144 valence electrons. The predicted octanol–water partition coefficient (Wildman–Crippen LogP) is 4.76. The Bertz CT molecular complexity index is 464. The largest absolute Gasteiger partial charge is 0.385 e. The summed E-state index contributed by atoms with van der Waals surface area (Å²) in [7, 11) is 1.58. The molecule has 0 saturated heterocycles. The summed E-state index contributed by atoms with van der Waals surface area (Å²) in [6.07, 6.45) is 0.998. The zero-order valence-corrected chi connectivity index (χ0v) is 16.9. The number of aliphatic hydroxyl groups is 1. The van der Waals surface area contributed by atoms with E-state index in [1.165, 1.54) is 0 Å². The van der Waals surface area contributed by atoms with Gasteiger partial charge >= 0.3 is 0 Å². The maximum atomic E-state index is 15.9. The van der Waals surface area contributed by atoms with E-state index >= 15 is 4.39 Å². The smallest absolute Gasteiger partial charge is 0.223 e. The predicted molar refractivity (Wildman–Crippen MR) is 100 cm³/mol. The Balaban J connectivity index is 3.02. The van der Waals surface area contributed by atoms with E-state index in [2.05, 4.69) is 15.9 Å². The summed E-state index contributed by atoms with van der Waals surface area (Å²) in [5.74, 6) is 0. The van der Waals surface area contributed by atoms with Crippen molar-refractivity contribution in [2.75, 3.05) is 27.1 Å². The number of ether oxygens (including phenoxy) is 3. The second kappa shape index (κ2) is 11.2. The lowest BCUT2D eigenvalue weighted by molar-refractivity contribution is -0.172. The first-order chi connectivity index (χ1) is 11.9. The van der Waals surface area contributed by atoms with Gasteiger partial charge in [0.25, 0.3) is 0 Å². The molecule has 0 aliphatic heterocycles. The van der Waals surface area contributed by atoms with Crippen LogP contribution in [0.15, 0.2) is 30.3 Å². The molecule has 0 aromatic heterocycles. The van der Waals surface area contributed by atoms with Gasteiger partial charge in [0.05, 0.1) is 13.2 Å². The third-order valence-corrected chi connectivity index (χ3v) is 5.28. The zero-order valence-electron chi connectivity index (χ0n) is 15.3. The molecular weight excluding hydrogens is 391 g/mol. The molecule has 0 amide bonds. The number of hydrogen-bond acceptors (Lipinski definition) is 4. The van der Waals surface area contributed by atoms with E-state index in [0.717, 1.165) is 0 Å². The van der Waals surface area contributed by atoms with E-state index < -0.39 is 16.3 Å². The van der Waals surface area contributed by atoms with Crippen molar-refractivity contribution in [3.8, 4) is 0 Å². The van der Waals surface area contributed by atoms with E-state index in [1.807, 2.05) is 32.0 Å². The van der Waals surface area contributed by atoms with Gasteiger partial charge in [0.15, 0.2) is 0 Å². The Labute approximate surface area is 158 Å². The van der Waals surface area contributed by atoms with Gasteiger partial charge in [-0.15, -0.1) is 0 Å². The summed E-state index contributed by atoms with van der Waals surface area (Å²) in [6.45, 7) is 4.55. The van der Waals surface area contributed by atoms with Crippen LogP contribution in [0.1, 0.15) is 51.2 Å². The maximum Gasteiger partial charge on any atom is 0.223 e. The summed E-state index contributed by atoms with van der Waals surface area (Å²) >= 11 is 3.17. The number of hydrogen-bond donors (Lipinski definition) is 1. The molecule has 1 N–H and O–H groups in total. The van der Waals surface area contributed by atoms with Crippen LogP contribution in [0.3, 0.4) is 0 Å². The molecule has 4 nitrogen and oxygen atoms in total. The molecule has 0 saturated carbocycles. The summed E-state index contributed by atoms with van der Waals surface area (Å²) in [6, 6.07) is 9.06. The highest BCUT2D eigenvalue weighted by Crippen LogP contribution is 2.49. The molecule has 0 fully saturated rings. The van der Waals surface area contributed by atoms with Crippen LogP contribution in [0.5, 0.6) is 0 Å². The molecule has 0 unspecified atom stereocenters. The van der Waals surface area contributed by atoms with Crippen molar-refractivity contribution in [1.29, 1.82) is 0 Å². The van der Waals surface area contributed by atoms with Crippen molar-refractivity contribution in [1.82, 2.24) is 0 Å². The van der Waals surface area contributed by atoms with E-state index in [0.29, 0.717) is 44.5 Å². The first-order valence-electron chi connectivity index (χ1n) is 8.76. The fourth-order valence-corrected chi connectivity index (χ4v) is 3.68. The van der Waals surface area contributed by atoms with Gasteiger partial charge in [-0.3, -0.25) is 0 Å². The highest BCUT2D eigenvalue weighted by atomic mass is 79.9. The quantitative estimate of drug-likeness (QED) is 0.284. The highest BCUT2D eigenvalue weighted by Gasteiger charge is 2.54. The van der Waals surface area contributed by atoms with Crippen LogP contribution in [0.4, 0.5) is 4.39 Å². The van der Waals surface area contributed by atoms with Crippen molar-refractivity contribution < 1.29 is 23.7 Å².